The number of carbonyl (C=O) groups is 1. The predicted molar refractivity (Wildman–Crippen MR) is 131 cm³/mol. The molecule has 1 amide bonds. The summed E-state index contributed by atoms with van der Waals surface area (Å²) in [5.74, 6) is 1.09. The summed E-state index contributed by atoms with van der Waals surface area (Å²) in [6.07, 6.45) is 3.23. The minimum Gasteiger partial charge on any atom is -0.490 e. The van der Waals surface area contributed by atoms with Gasteiger partial charge in [0.25, 0.3) is 5.91 Å². The summed E-state index contributed by atoms with van der Waals surface area (Å²) < 4.78 is 18.1. The van der Waals surface area contributed by atoms with Gasteiger partial charge in [0.1, 0.15) is 30.4 Å². The van der Waals surface area contributed by atoms with Crippen molar-refractivity contribution in [3.63, 3.8) is 0 Å². The fraction of sp³-hybridized carbons (Fsp3) is 0.231. The fourth-order valence-electron chi connectivity index (χ4n) is 3.38. The number of ether oxygens (including phenoxy) is 3. The number of carbonyl (C=O) groups excluding carboxylic acids is 1. The van der Waals surface area contributed by atoms with Crippen LogP contribution < -0.4 is 14.9 Å². The first-order chi connectivity index (χ1) is 16.9. The van der Waals surface area contributed by atoms with E-state index in [0.717, 1.165) is 10.9 Å². The highest BCUT2D eigenvalue weighted by molar-refractivity contribution is 5.94. The molecule has 2 heterocycles. The van der Waals surface area contributed by atoms with Crippen molar-refractivity contribution in [2.24, 2.45) is 0 Å². The van der Waals surface area contributed by atoms with E-state index in [1.165, 1.54) is 11.0 Å². The lowest BCUT2D eigenvalue weighted by Gasteiger charge is -2.13. The third-order valence-corrected chi connectivity index (χ3v) is 5.20. The summed E-state index contributed by atoms with van der Waals surface area (Å²) >= 11 is 0. The topological polar surface area (TPSA) is 95.8 Å². The van der Waals surface area contributed by atoms with E-state index >= 15 is 0 Å². The Hall–Kier alpha value is -4.24. The Balaban J connectivity index is 1.52. The maximum atomic E-state index is 12.4. The van der Waals surface area contributed by atoms with Crippen molar-refractivity contribution in [2.75, 3.05) is 34.4 Å². The second kappa shape index (κ2) is 10.8. The lowest BCUT2D eigenvalue weighted by molar-refractivity contribution is 0.0827. The van der Waals surface area contributed by atoms with Crippen molar-refractivity contribution in [3.05, 3.63) is 88.5 Å². The molecule has 0 saturated heterocycles. The molecule has 0 bridgehead atoms. The van der Waals surface area contributed by atoms with E-state index in [1.54, 1.807) is 62.5 Å². The summed E-state index contributed by atoms with van der Waals surface area (Å²) in [6.45, 7) is 0.899. The highest BCUT2D eigenvalue weighted by Gasteiger charge is 2.11. The molecule has 2 aromatic carbocycles. The van der Waals surface area contributed by atoms with Crippen LogP contribution in [0.25, 0.3) is 16.6 Å². The molecule has 0 unspecified atom stereocenters. The Labute approximate surface area is 202 Å². The predicted octanol–water partition coefficient (Wildman–Crippen LogP) is 3.09. The summed E-state index contributed by atoms with van der Waals surface area (Å²) in [5.41, 5.74) is 1.99. The maximum Gasteiger partial charge on any atom is 0.253 e. The number of benzene rings is 2. The molecule has 4 aromatic rings. The van der Waals surface area contributed by atoms with Gasteiger partial charge in [0.15, 0.2) is 0 Å². The molecule has 9 heteroatoms. The molecule has 0 spiro atoms. The second-order valence-electron chi connectivity index (χ2n) is 7.98. The number of fused-ring (bicyclic) bond motifs is 1. The minimum absolute atomic E-state index is 0.0149. The lowest BCUT2D eigenvalue weighted by Crippen LogP contribution is -2.22. The molecule has 4 rings (SSSR count). The third kappa shape index (κ3) is 5.82. The van der Waals surface area contributed by atoms with Gasteiger partial charge in [-0.1, -0.05) is 6.07 Å². The number of nitrogens with zero attached hydrogens (tertiary/aromatic N) is 4. The van der Waals surface area contributed by atoms with Gasteiger partial charge in [0, 0.05) is 44.4 Å². The summed E-state index contributed by atoms with van der Waals surface area (Å²) in [7, 11) is 5.01. The molecule has 2 aromatic heterocycles. The molecule has 9 nitrogen and oxygen atoms in total. The van der Waals surface area contributed by atoms with E-state index in [9.17, 15) is 9.59 Å². The average Bonchev–Trinajstić information content (AvgIpc) is 2.87. The molecular formula is C26H26N4O5. The van der Waals surface area contributed by atoms with E-state index in [-0.39, 0.29) is 23.6 Å². The number of hydrogen-bond donors (Lipinski definition) is 0. The van der Waals surface area contributed by atoms with Crippen molar-refractivity contribution in [1.29, 1.82) is 0 Å². The molecule has 0 aliphatic heterocycles. The third-order valence-electron chi connectivity index (χ3n) is 5.20. The van der Waals surface area contributed by atoms with Gasteiger partial charge in [-0.05, 0) is 42.5 Å². The molecule has 0 fully saturated rings. The summed E-state index contributed by atoms with van der Waals surface area (Å²) in [5, 5.41) is 5.28. The van der Waals surface area contributed by atoms with Crippen molar-refractivity contribution < 1.29 is 19.0 Å². The number of methoxy groups -OCH3 is 1. The number of aromatic nitrogens is 3. The van der Waals surface area contributed by atoms with Crippen molar-refractivity contribution >= 4 is 16.8 Å². The molecular weight excluding hydrogens is 448 g/mol. The second-order valence-corrected chi connectivity index (χ2v) is 7.98. The standard InChI is InChI=1S/C26H26N4O5/c1-29(2)26(32)18-5-4-6-20(13-18)30-10-9-25(31)24(28-30)17-35-21-7-8-23-19(14-21)15-22(16-27-23)34-12-11-33-3/h4-10,13-16H,11-12,17H2,1-3H3. The zero-order valence-corrected chi connectivity index (χ0v) is 19.8. The Morgan fingerprint density at radius 1 is 1.00 bits per heavy atom. The Bertz CT molecular complexity index is 1400. The molecule has 35 heavy (non-hydrogen) atoms. The number of rotatable bonds is 9. The van der Waals surface area contributed by atoms with Crippen LogP contribution in [0.2, 0.25) is 0 Å². The Morgan fingerprint density at radius 2 is 1.83 bits per heavy atom. The zero-order valence-electron chi connectivity index (χ0n) is 19.8. The monoisotopic (exact) mass is 474 g/mol. The first-order valence-corrected chi connectivity index (χ1v) is 11.0. The van der Waals surface area contributed by atoms with Crippen molar-refractivity contribution in [2.45, 2.75) is 6.61 Å². The normalized spacial score (nSPS) is 10.8. The molecule has 0 aliphatic carbocycles. The first kappa shape index (κ1) is 23.9. The van der Waals surface area contributed by atoms with Gasteiger partial charge in [-0.15, -0.1) is 0 Å². The molecule has 0 N–H and O–H groups in total. The van der Waals surface area contributed by atoms with Crippen LogP contribution in [-0.4, -0.2) is 60.0 Å². The van der Waals surface area contributed by atoms with Crippen LogP contribution in [-0.2, 0) is 11.3 Å². The van der Waals surface area contributed by atoms with Crippen molar-refractivity contribution in [3.8, 4) is 17.2 Å². The van der Waals surface area contributed by atoms with E-state index < -0.39 is 0 Å². The number of pyridine rings is 1. The minimum atomic E-state index is -0.238. The van der Waals surface area contributed by atoms with Crippen molar-refractivity contribution in [1.82, 2.24) is 19.7 Å². The summed E-state index contributed by atoms with van der Waals surface area (Å²) in [6, 6.07) is 15.8. The SMILES string of the molecule is COCCOc1cnc2ccc(OCc3nn(-c4cccc(C(=O)N(C)C)c4)ccc3=O)cc2c1. The molecule has 0 saturated carbocycles. The average molecular weight is 475 g/mol. The van der Waals surface area contributed by atoms with E-state index in [1.807, 2.05) is 24.3 Å². The maximum absolute atomic E-state index is 12.4. The van der Waals surface area contributed by atoms with Crippen LogP contribution in [0.15, 0.2) is 71.8 Å². The van der Waals surface area contributed by atoms with Crippen LogP contribution >= 0.6 is 0 Å². The lowest BCUT2D eigenvalue weighted by atomic mass is 10.2. The van der Waals surface area contributed by atoms with Crippen LogP contribution in [0.1, 0.15) is 16.1 Å². The smallest absolute Gasteiger partial charge is 0.253 e. The van der Waals surface area contributed by atoms with Gasteiger partial charge >= 0.3 is 0 Å². The van der Waals surface area contributed by atoms with Crippen LogP contribution in [0, 0.1) is 0 Å². The van der Waals surface area contributed by atoms with Gasteiger partial charge in [0.2, 0.25) is 5.43 Å². The summed E-state index contributed by atoms with van der Waals surface area (Å²) in [4.78, 5) is 30.6. The van der Waals surface area contributed by atoms with Gasteiger partial charge in [-0.2, -0.15) is 5.10 Å². The quantitative estimate of drug-likeness (QED) is 0.344. The highest BCUT2D eigenvalue weighted by Crippen LogP contribution is 2.23. The molecule has 180 valence electrons. The zero-order chi connectivity index (χ0) is 24.8. The molecule has 0 aliphatic rings. The molecule has 0 atom stereocenters. The van der Waals surface area contributed by atoms with E-state index in [4.69, 9.17) is 14.2 Å². The Kier molecular flexibility index (Phi) is 7.37. The number of amides is 1. The van der Waals surface area contributed by atoms with Crippen LogP contribution in [0.3, 0.4) is 0 Å². The first-order valence-electron chi connectivity index (χ1n) is 11.0. The highest BCUT2D eigenvalue weighted by atomic mass is 16.5. The van der Waals surface area contributed by atoms with Gasteiger partial charge in [-0.25, -0.2) is 4.68 Å². The largest absolute Gasteiger partial charge is 0.490 e. The number of hydrogen-bond acceptors (Lipinski definition) is 7. The molecule has 0 radical (unpaired) electrons. The van der Waals surface area contributed by atoms with E-state index in [2.05, 4.69) is 10.1 Å². The van der Waals surface area contributed by atoms with Gasteiger partial charge in [-0.3, -0.25) is 14.6 Å². The van der Waals surface area contributed by atoms with Crippen LogP contribution in [0.5, 0.6) is 11.5 Å². The van der Waals surface area contributed by atoms with Crippen LogP contribution in [0.4, 0.5) is 0 Å². The fourth-order valence-corrected chi connectivity index (χ4v) is 3.38. The van der Waals surface area contributed by atoms with Gasteiger partial charge in [0.05, 0.1) is 24.0 Å². The Morgan fingerprint density at radius 3 is 2.63 bits per heavy atom. The van der Waals surface area contributed by atoms with Gasteiger partial charge < -0.3 is 19.1 Å². The van der Waals surface area contributed by atoms with E-state index in [0.29, 0.717) is 36.0 Å².